The predicted molar refractivity (Wildman–Crippen MR) is 62.5 cm³/mol. The molecule has 0 saturated heterocycles. The second-order valence-corrected chi connectivity index (χ2v) is 5.63. The van der Waals surface area contributed by atoms with Gasteiger partial charge < -0.3 is 0 Å². The van der Waals surface area contributed by atoms with Gasteiger partial charge in [0.25, 0.3) is 0 Å². The molecule has 0 aromatic carbocycles. The van der Waals surface area contributed by atoms with Gasteiger partial charge in [0.05, 0.1) is 0 Å². The van der Waals surface area contributed by atoms with Crippen LogP contribution in [0.2, 0.25) is 0 Å². The fourth-order valence-electron chi connectivity index (χ4n) is 0.967. The predicted octanol–water partition coefficient (Wildman–Crippen LogP) is 0.595. The number of nitrogens with one attached hydrogen (secondary N) is 1. The molecule has 86 valence electrons. The normalized spacial score (nSPS) is 11.0. The molecule has 1 rings (SSSR count). The molecule has 5 nitrogen and oxygen atoms in total. The summed E-state index contributed by atoms with van der Waals surface area (Å²) in [6, 6.07) is 4.57. The van der Waals surface area contributed by atoms with Gasteiger partial charge in [-0.25, -0.2) is 18.1 Å². The number of thioether (sulfide) groups is 1. The number of rotatable bonds is 5. The Morgan fingerprint density at radius 2 is 2.31 bits per heavy atom. The van der Waals surface area contributed by atoms with Crippen LogP contribution >= 0.6 is 11.8 Å². The smallest absolute Gasteiger partial charge is 0.242 e. The van der Waals surface area contributed by atoms with Crippen molar-refractivity contribution in [3.05, 3.63) is 24.0 Å². The molecule has 0 saturated carbocycles. The van der Waals surface area contributed by atoms with Gasteiger partial charge in [0.15, 0.2) is 0 Å². The molecular formula is C9H11N3O2S2. The van der Waals surface area contributed by atoms with Crippen molar-refractivity contribution in [2.75, 3.05) is 18.6 Å². The largest absolute Gasteiger partial charge is 0.244 e. The van der Waals surface area contributed by atoms with Crippen molar-refractivity contribution in [1.29, 1.82) is 5.26 Å². The number of nitrogens with zero attached hydrogens (tertiary/aromatic N) is 2. The third-order valence-corrected chi connectivity index (χ3v) is 3.82. The SMILES string of the molecule is CSCCNS(=O)(=O)c1ccc(C#N)nc1. The van der Waals surface area contributed by atoms with Crippen molar-refractivity contribution in [3.8, 4) is 6.07 Å². The highest BCUT2D eigenvalue weighted by Gasteiger charge is 2.13. The van der Waals surface area contributed by atoms with E-state index < -0.39 is 10.0 Å². The fourth-order valence-corrected chi connectivity index (χ4v) is 2.38. The Morgan fingerprint density at radius 3 is 2.81 bits per heavy atom. The van der Waals surface area contributed by atoms with Crippen LogP contribution in [0.1, 0.15) is 5.69 Å². The lowest BCUT2D eigenvalue weighted by Gasteiger charge is -2.04. The number of aromatic nitrogens is 1. The van der Waals surface area contributed by atoms with Gasteiger partial charge in [-0.2, -0.15) is 17.0 Å². The third-order valence-electron chi connectivity index (χ3n) is 1.76. The lowest BCUT2D eigenvalue weighted by Crippen LogP contribution is -2.26. The zero-order valence-corrected chi connectivity index (χ0v) is 10.3. The standard InChI is InChI=1S/C9H11N3O2S2/c1-15-5-4-12-16(13,14)9-3-2-8(6-10)11-7-9/h2-3,7,12H,4-5H2,1H3. The van der Waals surface area contributed by atoms with Crippen molar-refractivity contribution >= 4 is 21.8 Å². The van der Waals surface area contributed by atoms with Gasteiger partial charge in [-0.15, -0.1) is 0 Å². The first-order valence-electron chi connectivity index (χ1n) is 4.45. The average molecular weight is 257 g/mol. The monoisotopic (exact) mass is 257 g/mol. The van der Waals surface area contributed by atoms with Crippen LogP contribution in [-0.2, 0) is 10.0 Å². The maximum Gasteiger partial charge on any atom is 0.242 e. The Bertz CT molecular complexity index is 476. The molecule has 0 radical (unpaired) electrons. The van der Waals surface area contributed by atoms with Crippen molar-refractivity contribution in [1.82, 2.24) is 9.71 Å². The highest BCUT2D eigenvalue weighted by Crippen LogP contribution is 2.07. The van der Waals surface area contributed by atoms with Crippen LogP contribution in [0.25, 0.3) is 0 Å². The highest BCUT2D eigenvalue weighted by atomic mass is 32.2. The molecule has 0 spiro atoms. The summed E-state index contributed by atoms with van der Waals surface area (Å²) in [7, 11) is -3.49. The number of hydrogen-bond acceptors (Lipinski definition) is 5. The van der Waals surface area contributed by atoms with Crippen molar-refractivity contribution in [2.24, 2.45) is 0 Å². The molecule has 16 heavy (non-hydrogen) atoms. The molecule has 0 aliphatic carbocycles. The van der Waals surface area contributed by atoms with Crippen LogP contribution in [-0.4, -0.2) is 32.0 Å². The van der Waals surface area contributed by atoms with Gasteiger partial charge in [0, 0.05) is 18.5 Å². The molecule has 1 aromatic heterocycles. The van der Waals surface area contributed by atoms with Crippen LogP contribution in [0.4, 0.5) is 0 Å². The van der Waals surface area contributed by atoms with Crippen molar-refractivity contribution < 1.29 is 8.42 Å². The average Bonchev–Trinajstić information content (AvgIpc) is 2.29. The Morgan fingerprint density at radius 1 is 1.56 bits per heavy atom. The van der Waals surface area contributed by atoms with E-state index in [0.717, 1.165) is 0 Å². The molecule has 0 amide bonds. The van der Waals surface area contributed by atoms with E-state index in [-0.39, 0.29) is 10.6 Å². The molecule has 0 unspecified atom stereocenters. The van der Waals surface area contributed by atoms with Crippen molar-refractivity contribution in [2.45, 2.75) is 4.90 Å². The summed E-state index contributed by atoms with van der Waals surface area (Å²) >= 11 is 1.56. The quantitative estimate of drug-likeness (QED) is 0.781. The van der Waals surface area contributed by atoms with Crippen LogP contribution in [0.3, 0.4) is 0 Å². The third kappa shape index (κ3) is 3.48. The summed E-state index contributed by atoms with van der Waals surface area (Å²) < 4.78 is 25.8. The van der Waals surface area contributed by atoms with Crippen LogP contribution in [0.5, 0.6) is 0 Å². The Labute approximate surface area is 98.9 Å². The van der Waals surface area contributed by atoms with E-state index in [2.05, 4.69) is 9.71 Å². The van der Waals surface area contributed by atoms with E-state index in [1.54, 1.807) is 11.8 Å². The minimum Gasteiger partial charge on any atom is -0.244 e. The first-order valence-corrected chi connectivity index (χ1v) is 7.32. The first kappa shape index (κ1) is 13.0. The maximum absolute atomic E-state index is 11.7. The molecule has 0 fully saturated rings. The van der Waals surface area contributed by atoms with Crippen LogP contribution in [0.15, 0.2) is 23.2 Å². The summed E-state index contributed by atoms with van der Waals surface area (Å²) in [5.41, 5.74) is 0.197. The molecule has 1 N–H and O–H groups in total. The van der Waals surface area contributed by atoms with Gasteiger partial charge in [-0.05, 0) is 18.4 Å². The Kier molecular flexibility index (Phi) is 4.73. The second kappa shape index (κ2) is 5.84. The summed E-state index contributed by atoms with van der Waals surface area (Å²) in [6.07, 6.45) is 3.08. The van der Waals surface area contributed by atoms with Gasteiger partial charge in [-0.3, -0.25) is 0 Å². The first-order chi connectivity index (χ1) is 7.60. The van der Waals surface area contributed by atoms with Crippen LogP contribution < -0.4 is 4.72 Å². The highest BCUT2D eigenvalue weighted by molar-refractivity contribution is 7.98. The van der Waals surface area contributed by atoms with Gasteiger partial charge >= 0.3 is 0 Å². The van der Waals surface area contributed by atoms with E-state index in [9.17, 15) is 8.42 Å². The van der Waals surface area contributed by atoms with Crippen LogP contribution in [0, 0.1) is 11.3 Å². The van der Waals surface area contributed by atoms with E-state index in [1.165, 1.54) is 18.3 Å². The van der Waals surface area contributed by atoms with Gasteiger partial charge in [0.1, 0.15) is 16.7 Å². The minimum atomic E-state index is -3.49. The lowest BCUT2D eigenvalue weighted by atomic mass is 10.4. The Hall–Kier alpha value is -1.10. The molecular weight excluding hydrogens is 246 g/mol. The molecule has 0 atom stereocenters. The van der Waals surface area contributed by atoms with E-state index >= 15 is 0 Å². The summed E-state index contributed by atoms with van der Waals surface area (Å²) in [6.45, 7) is 0.378. The fraction of sp³-hybridized carbons (Fsp3) is 0.333. The molecule has 0 aliphatic heterocycles. The van der Waals surface area contributed by atoms with E-state index in [1.807, 2.05) is 12.3 Å². The molecule has 1 heterocycles. The van der Waals surface area contributed by atoms with Gasteiger partial charge in [0.2, 0.25) is 10.0 Å². The van der Waals surface area contributed by atoms with E-state index in [4.69, 9.17) is 5.26 Å². The lowest BCUT2D eigenvalue weighted by molar-refractivity contribution is 0.584. The van der Waals surface area contributed by atoms with Gasteiger partial charge in [-0.1, -0.05) is 0 Å². The number of sulfonamides is 1. The summed E-state index contributed by atoms with van der Waals surface area (Å²) in [5, 5.41) is 8.52. The minimum absolute atomic E-state index is 0.0765. The van der Waals surface area contributed by atoms with E-state index in [0.29, 0.717) is 12.3 Å². The molecule has 1 aromatic rings. The second-order valence-electron chi connectivity index (χ2n) is 2.88. The topological polar surface area (TPSA) is 82.9 Å². The van der Waals surface area contributed by atoms with Crippen molar-refractivity contribution in [3.63, 3.8) is 0 Å². The summed E-state index contributed by atoms with van der Waals surface area (Å²) in [5.74, 6) is 0.711. The Balaban J connectivity index is 2.79. The number of pyridine rings is 1. The maximum atomic E-state index is 11.7. The molecule has 7 heteroatoms. The number of hydrogen-bond donors (Lipinski definition) is 1. The number of nitriles is 1. The zero-order chi connectivity index (χ0) is 12.0. The molecule has 0 aliphatic rings. The zero-order valence-electron chi connectivity index (χ0n) is 8.67. The molecule has 0 bridgehead atoms. The summed E-state index contributed by atoms with van der Waals surface area (Å²) in [4.78, 5) is 3.78.